The molecule has 6 heteroatoms. The third kappa shape index (κ3) is 2.62. The Balaban J connectivity index is 2.04. The Kier molecular flexibility index (Phi) is 3.53. The molecule has 2 amide bonds. The van der Waals surface area contributed by atoms with Crippen molar-refractivity contribution in [3.05, 3.63) is 41.4 Å². The van der Waals surface area contributed by atoms with Crippen molar-refractivity contribution in [1.29, 1.82) is 0 Å². The van der Waals surface area contributed by atoms with E-state index in [1.165, 1.54) is 11.0 Å². The number of carboxylic acids is 1. The molecule has 0 saturated carbocycles. The molecule has 1 aromatic carbocycles. The number of nitrogens with zero attached hydrogens (tertiary/aromatic N) is 1. The summed E-state index contributed by atoms with van der Waals surface area (Å²) < 4.78 is 0. The largest absolute Gasteiger partial charge is 0.479 e. The van der Waals surface area contributed by atoms with Crippen LogP contribution < -0.4 is 5.32 Å². The third-order valence-electron chi connectivity index (χ3n) is 2.57. The zero-order valence-corrected chi connectivity index (χ0v) is 10.1. The highest BCUT2D eigenvalue weighted by molar-refractivity contribution is 6.30. The highest BCUT2D eigenvalue weighted by Crippen LogP contribution is 2.16. The predicted molar refractivity (Wildman–Crippen MR) is 67.7 cm³/mol. The summed E-state index contributed by atoms with van der Waals surface area (Å²) >= 11 is 5.73. The molecule has 0 saturated heterocycles. The van der Waals surface area contributed by atoms with Crippen molar-refractivity contribution < 1.29 is 14.7 Å². The fourth-order valence-electron chi connectivity index (χ4n) is 1.67. The number of amides is 2. The molecule has 0 spiro atoms. The lowest BCUT2D eigenvalue weighted by molar-refractivity contribution is -0.139. The van der Waals surface area contributed by atoms with Gasteiger partial charge in [0.2, 0.25) is 0 Å². The van der Waals surface area contributed by atoms with E-state index in [2.05, 4.69) is 5.32 Å². The molecule has 0 bridgehead atoms. The number of benzene rings is 1. The van der Waals surface area contributed by atoms with Crippen molar-refractivity contribution >= 4 is 29.3 Å². The number of carboxylic acid groups (broad SMARTS) is 1. The second kappa shape index (κ2) is 5.10. The average Bonchev–Trinajstić information content (AvgIpc) is 2.81. The number of hydrogen-bond acceptors (Lipinski definition) is 2. The number of rotatable bonds is 2. The number of anilines is 1. The second-order valence-corrected chi connectivity index (χ2v) is 4.24. The van der Waals surface area contributed by atoms with Gasteiger partial charge in [0.05, 0.1) is 0 Å². The Labute approximate surface area is 109 Å². The third-order valence-corrected chi connectivity index (χ3v) is 2.82. The van der Waals surface area contributed by atoms with Crippen LogP contribution in [0.15, 0.2) is 36.4 Å². The van der Waals surface area contributed by atoms with Gasteiger partial charge in [-0.1, -0.05) is 23.8 Å². The molecule has 18 heavy (non-hydrogen) atoms. The van der Waals surface area contributed by atoms with Gasteiger partial charge < -0.3 is 15.3 Å². The highest BCUT2D eigenvalue weighted by atomic mass is 35.5. The maximum absolute atomic E-state index is 11.9. The lowest BCUT2D eigenvalue weighted by Crippen LogP contribution is -2.43. The van der Waals surface area contributed by atoms with Gasteiger partial charge in [-0.15, -0.1) is 0 Å². The normalized spacial score (nSPS) is 17.8. The summed E-state index contributed by atoms with van der Waals surface area (Å²) in [6.07, 6.45) is 3.14. The monoisotopic (exact) mass is 266 g/mol. The number of carbonyl (C=O) groups excluding carboxylic acids is 1. The van der Waals surface area contributed by atoms with Gasteiger partial charge in [0.15, 0.2) is 0 Å². The molecule has 1 aliphatic rings. The number of urea groups is 1. The van der Waals surface area contributed by atoms with Gasteiger partial charge in [-0.25, -0.2) is 9.59 Å². The average molecular weight is 267 g/mol. The van der Waals surface area contributed by atoms with Gasteiger partial charge in [-0.3, -0.25) is 0 Å². The Bertz CT molecular complexity index is 499. The molecule has 1 unspecified atom stereocenters. The van der Waals surface area contributed by atoms with Crippen LogP contribution in [-0.4, -0.2) is 34.6 Å². The van der Waals surface area contributed by atoms with E-state index in [1.807, 2.05) is 0 Å². The summed E-state index contributed by atoms with van der Waals surface area (Å²) in [7, 11) is 0. The van der Waals surface area contributed by atoms with E-state index in [0.717, 1.165) is 0 Å². The quantitative estimate of drug-likeness (QED) is 0.806. The van der Waals surface area contributed by atoms with Gasteiger partial charge in [0, 0.05) is 17.3 Å². The van der Waals surface area contributed by atoms with Gasteiger partial charge >= 0.3 is 12.0 Å². The molecule has 94 valence electrons. The van der Waals surface area contributed by atoms with Crippen LogP contribution in [0.4, 0.5) is 10.5 Å². The zero-order chi connectivity index (χ0) is 13.1. The van der Waals surface area contributed by atoms with Gasteiger partial charge in [-0.05, 0) is 24.3 Å². The van der Waals surface area contributed by atoms with Crippen LogP contribution in [0.1, 0.15) is 0 Å². The molecule has 1 aromatic rings. The van der Waals surface area contributed by atoms with Crippen LogP contribution in [0, 0.1) is 0 Å². The number of hydrogen-bond donors (Lipinski definition) is 2. The lowest BCUT2D eigenvalue weighted by atomic mass is 10.3. The van der Waals surface area contributed by atoms with Crippen LogP contribution in [0.3, 0.4) is 0 Å². The molecule has 0 radical (unpaired) electrons. The SMILES string of the molecule is O=C(O)C1C=CCN1C(=O)Nc1ccc(Cl)cc1. The first kappa shape index (κ1) is 12.4. The van der Waals surface area contributed by atoms with Crippen molar-refractivity contribution in [2.45, 2.75) is 6.04 Å². The Morgan fingerprint density at radius 2 is 2.00 bits per heavy atom. The fraction of sp³-hybridized carbons (Fsp3) is 0.167. The zero-order valence-electron chi connectivity index (χ0n) is 9.34. The van der Waals surface area contributed by atoms with E-state index in [1.54, 1.807) is 30.3 Å². The van der Waals surface area contributed by atoms with Crippen LogP contribution in [0.2, 0.25) is 5.02 Å². The van der Waals surface area contributed by atoms with Crippen LogP contribution >= 0.6 is 11.6 Å². The standard InChI is InChI=1S/C12H11ClN2O3/c13-8-3-5-9(6-4-8)14-12(18)15-7-1-2-10(15)11(16)17/h1-6,10H,7H2,(H,14,18)(H,16,17). The fourth-order valence-corrected chi connectivity index (χ4v) is 1.80. The Morgan fingerprint density at radius 3 is 2.61 bits per heavy atom. The molecule has 0 aliphatic carbocycles. The minimum atomic E-state index is -1.05. The van der Waals surface area contributed by atoms with Gasteiger partial charge in [0.25, 0.3) is 0 Å². The lowest BCUT2D eigenvalue weighted by Gasteiger charge is -2.21. The van der Waals surface area contributed by atoms with E-state index in [4.69, 9.17) is 16.7 Å². The van der Waals surface area contributed by atoms with E-state index < -0.39 is 18.0 Å². The smallest absolute Gasteiger partial charge is 0.330 e. The summed E-state index contributed by atoms with van der Waals surface area (Å²) in [5.41, 5.74) is 0.570. The van der Waals surface area contributed by atoms with E-state index in [9.17, 15) is 9.59 Å². The highest BCUT2D eigenvalue weighted by Gasteiger charge is 2.30. The molecule has 2 N–H and O–H groups in total. The van der Waals surface area contributed by atoms with Crippen LogP contribution in [0.25, 0.3) is 0 Å². The van der Waals surface area contributed by atoms with Crippen molar-refractivity contribution in [2.24, 2.45) is 0 Å². The van der Waals surface area contributed by atoms with Crippen molar-refractivity contribution in [3.63, 3.8) is 0 Å². The molecule has 1 aliphatic heterocycles. The molecule has 0 fully saturated rings. The van der Waals surface area contributed by atoms with Crippen LogP contribution in [-0.2, 0) is 4.79 Å². The number of aliphatic carboxylic acids is 1. The van der Waals surface area contributed by atoms with Crippen molar-refractivity contribution in [3.8, 4) is 0 Å². The molecule has 0 aromatic heterocycles. The summed E-state index contributed by atoms with van der Waals surface area (Å²) in [5.74, 6) is -1.05. The van der Waals surface area contributed by atoms with Crippen molar-refractivity contribution in [2.75, 3.05) is 11.9 Å². The van der Waals surface area contributed by atoms with Crippen molar-refractivity contribution in [1.82, 2.24) is 4.90 Å². The molecule has 1 heterocycles. The minimum absolute atomic E-state index is 0.288. The summed E-state index contributed by atoms with van der Waals surface area (Å²) in [4.78, 5) is 24.0. The summed E-state index contributed by atoms with van der Waals surface area (Å²) in [6, 6.07) is 5.24. The number of carbonyl (C=O) groups is 2. The Hall–Kier alpha value is -2.01. The maximum atomic E-state index is 11.9. The number of halogens is 1. The summed E-state index contributed by atoms with van der Waals surface area (Å²) in [5, 5.41) is 12.1. The first-order chi connectivity index (χ1) is 8.58. The first-order valence-electron chi connectivity index (χ1n) is 5.30. The van der Waals surface area contributed by atoms with E-state index in [0.29, 0.717) is 10.7 Å². The van der Waals surface area contributed by atoms with E-state index >= 15 is 0 Å². The molecule has 1 atom stereocenters. The summed E-state index contributed by atoms with van der Waals surface area (Å²) in [6.45, 7) is 0.288. The van der Waals surface area contributed by atoms with Crippen LogP contribution in [0.5, 0.6) is 0 Å². The Morgan fingerprint density at radius 1 is 1.33 bits per heavy atom. The first-order valence-corrected chi connectivity index (χ1v) is 5.68. The van der Waals surface area contributed by atoms with E-state index in [-0.39, 0.29) is 6.54 Å². The predicted octanol–water partition coefficient (Wildman–Crippen LogP) is 2.20. The topological polar surface area (TPSA) is 69.6 Å². The van der Waals surface area contributed by atoms with Gasteiger partial charge in [-0.2, -0.15) is 0 Å². The number of nitrogens with one attached hydrogen (secondary N) is 1. The molecular weight excluding hydrogens is 256 g/mol. The molecular formula is C12H11ClN2O3. The second-order valence-electron chi connectivity index (χ2n) is 3.80. The molecule has 2 rings (SSSR count). The maximum Gasteiger partial charge on any atom is 0.330 e. The molecule has 5 nitrogen and oxygen atoms in total. The minimum Gasteiger partial charge on any atom is -0.479 e. The van der Waals surface area contributed by atoms with Gasteiger partial charge in [0.1, 0.15) is 6.04 Å².